The average molecular weight is 543 g/mol. The van der Waals surface area contributed by atoms with Crippen molar-refractivity contribution in [1.82, 2.24) is 4.90 Å². The predicted octanol–water partition coefficient (Wildman–Crippen LogP) is 6.99. The number of halogens is 2. The topological polar surface area (TPSA) is 49.8 Å². The van der Waals surface area contributed by atoms with E-state index in [0.29, 0.717) is 18.0 Å². The molecule has 1 aliphatic rings. The van der Waals surface area contributed by atoms with Crippen molar-refractivity contribution in [2.24, 2.45) is 0 Å². The zero-order valence-electron chi connectivity index (χ0n) is 21.4. The molecule has 37 heavy (non-hydrogen) atoms. The fraction of sp³-hybridized carbons (Fsp3) is 0.387. The summed E-state index contributed by atoms with van der Waals surface area (Å²) in [6, 6.07) is 24.5. The Hall–Kier alpha value is -2.37. The van der Waals surface area contributed by atoms with Gasteiger partial charge < -0.3 is 9.84 Å². The monoisotopic (exact) mass is 541 g/mol. The van der Waals surface area contributed by atoms with Crippen LogP contribution in [0.2, 0.25) is 5.02 Å². The number of ketones is 1. The van der Waals surface area contributed by atoms with Crippen molar-refractivity contribution in [3.05, 3.63) is 100 Å². The van der Waals surface area contributed by atoms with Gasteiger partial charge in [-0.2, -0.15) is 0 Å². The second-order valence-electron chi connectivity index (χ2n) is 9.74. The second kappa shape index (κ2) is 14.5. The van der Waals surface area contributed by atoms with Crippen LogP contribution in [0.5, 0.6) is 5.75 Å². The average Bonchev–Trinajstić information content (AvgIpc) is 3.10. The minimum atomic E-state index is -0.630. The predicted molar refractivity (Wildman–Crippen MR) is 153 cm³/mol. The number of fused-ring (bicyclic) bond motifs is 1. The summed E-state index contributed by atoms with van der Waals surface area (Å²) in [7, 11) is 0. The van der Waals surface area contributed by atoms with E-state index in [1.807, 2.05) is 43.3 Å². The molecule has 0 amide bonds. The molecule has 0 aliphatic heterocycles. The maximum atomic E-state index is 12.0. The Bertz CT molecular complexity index is 1140. The van der Waals surface area contributed by atoms with E-state index in [0.717, 1.165) is 50.0 Å². The number of Topliss-reactive ketones (excluding diaryl/α,β-unsaturated/α-hetero) is 1. The van der Waals surface area contributed by atoms with E-state index in [1.165, 1.54) is 16.7 Å². The Kier molecular flexibility index (Phi) is 11.5. The Morgan fingerprint density at radius 2 is 1.89 bits per heavy atom. The molecule has 198 valence electrons. The van der Waals surface area contributed by atoms with Gasteiger partial charge in [-0.25, -0.2) is 0 Å². The number of aliphatic hydroxyl groups is 1. The van der Waals surface area contributed by atoms with Gasteiger partial charge in [0.25, 0.3) is 0 Å². The Labute approximate surface area is 232 Å². The number of nitrogens with zero attached hydrogens (tertiary/aromatic N) is 1. The van der Waals surface area contributed by atoms with Gasteiger partial charge in [0.2, 0.25) is 0 Å². The minimum absolute atomic E-state index is 0. The highest BCUT2D eigenvalue weighted by Gasteiger charge is 2.26. The number of benzene rings is 3. The fourth-order valence-corrected chi connectivity index (χ4v) is 5.24. The van der Waals surface area contributed by atoms with Crippen molar-refractivity contribution in [1.29, 1.82) is 0 Å². The van der Waals surface area contributed by atoms with Gasteiger partial charge in [-0.05, 0) is 78.6 Å². The number of carbonyl (C=O) groups is 1. The molecule has 2 atom stereocenters. The highest BCUT2D eigenvalue weighted by Crippen LogP contribution is 2.30. The van der Waals surface area contributed by atoms with Crippen LogP contribution in [0, 0.1) is 0 Å². The number of hydrogen-bond acceptors (Lipinski definition) is 4. The number of hydrogen-bond donors (Lipinski definition) is 1. The van der Waals surface area contributed by atoms with Gasteiger partial charge in [-0.3, -0.25) is 9.69 Å². The molecule has 3 aromatic rings. The Morgan fingerprint density at radius 1 is 1.08 bits per heavy atom. The quantitative estimate of drug-likeness (QED) is 0.265. The summed E-state index contributed by atoms with van der Waals surface area (Å²) in [5, 5.41) is 11.8. The van der Waals surface area contributed by atoms with Crippen molar-refractivity contribution in [3.63, 3.8) is 0 Å². The van der Waals surface area contributed by atoms with Gasteiger partial charge in [0.1, 0.15) is 12.4 Å². The number of rotatable bonds is 11. The number of ether oxygens (including phenoxy) is 1. The summed E-state index contributed by atoms with van der Waals surface area (Å²) in [6.07, 6.45) is 4.80. The molecule has 4 nitrogen and oxygen atoms in total. The van der Waals surface area contributed by atoms with Gasteiger partial charge in [0, 0.05) is 30.6 Å². The molecule has 0 saturated carbocycles. The van der Waals surface area contributed by atoms with Gasteiger partial charge in [0.15, 0.2) is 5.78 Å². The Morgan fingerprint density at radius 3 is 2.65 bits per heavy atom. The first-order valence-electron chi connectivity index (χ1n) is 13.0. The fourth-order valence-electron chi connectivity index (χ4n) is 5.04. The highest BCUT2D eigenvalue weighted by molar-refractivity contribution is 6.30. The van der Waals surface area contributed by atoms with Gasteiger partial charge in [0.05, 0.1) is 6.10 Å². The lowest BCUT2D eigenvalue weighted by atomic mass is 9.99. The molecule has 0 fully saturated rings. The Balaban J connectivity index is 0.00000380. The second-order valence-corrected chi connectivity index (χ2v) is 10.2. The largest absolute Gasteiger partial charge is 0.486 e. The molecular formula is C31H37Cl2NO3. The molecule has 0 radical (unpaired) electrons. The van der Waals surface area contributed by atoms with Crippen LogP contribution in [-0.2, 0) is 24.2 Å². The lowest BCUT2D eigenvalue weighted by Gasteiger charge is -2.33. The van der Waals surface area contributed by atoms with Crippen LogP contribution < -0.4 is 4.74 Å². The van der Waals surface area contributed by atoms with E-state index in [9.17, 15) is 9.90 Å². The lowest BCUT2D eigenvalue weighted by molar-refractivity contribution is -0.121. The summed E-state index contributed by atoms with van der Waals surface area (Å²) in [4.78, 5) is 14.4. The molecule has 0 bridgehead atoms. The zero-order chi connectivity index (χ0) is 25.3. The van der Waals surface area contributed by atoms with Crippen LogP contribution in [0.4, 0.5) is 0 Å². The van der Waals surface area contributed by atoms with Crippen molar-refractivity contribution < 1.29 is 14.6 Å². The summed E-state index contributed by atoms with van der Waals surface area (Å²) < 4.78 is 5.84. The molecule has 0 spiro atoms. The van der Waals surface area contributed by atoms with Gasteiger partial charge >= 0.3 is 0 Å². The number of carbonyl (C=O) groups excluding carboxylic acids is 1. The number of aliphatic hydroxyl groups excluding tert-OH is 1. The lowest BCUT2D eigenvalue weighted by Crippen LogP contribution is -2.39. The molecule has 0 heterocycles. The third kappa shape index (κ3) is 8.58. The van der Waals surface area contributed by atoms with E-state index < -0.39 is 6.10 Å². The van der Waals surface area contributed by atoms with E-state index in [2.05, 4.69) is 41.3 Å². The third-order valence-electron chi connectivity index (χ3n) is 6.93. The molecule has 0 saturated heterocycles. The van der Waals surface area contributed by atoms with Gasteiger partial charge in [-0.15, -0.1) is 12.4 Å². The standard InChI is InChI=1S/C31H36ClNO3.ClH/c1-2-8-29(34)22-36-30-16-15-24-11-7-14-28(18-26(24)19-30)33(20-23-9-4-3-5-10-23)21-31(35)25-12-6-13-27(32)17-25;/h3-6,9-10,12-13,15-17,19,28,31,35H,2,7-8,11,14,18,20-22H2,1H3;1H/t28-,31-;/m0./s1. The smallest absolute Gasteiger partial charge is 0.170 e. The first kappa shape index (κ1) is 29.2. The van der Waals surface area contributed by atoms with Gasteiger partial charge in [-0.1, -0.05) is 67.1 Å². The molecular weight excluding hydrogens is 505 g/mol. The normalized spacial score (nSPS) is 15.8. The van der Waals surface area contributed by atoms with Crippen molar-refractivity contribution in [3.8, 4) is 5.75 Å². The summed E-state index contributed by atoms with van der Waals surface area (Å²) in [5.41, 5.74) is 4.68. The SMILES string of the molecule is CCCC(=O)COc1ccc2c(c1)C[C@@H](N(Cc1ccccc1)C[C@H](O)c1cccc(Cl)c1)CCC2.Cl. The minimum Gasteiger partial charge on any atom is -0.486 e. The maximum Gasteiger partial charge on any atom is 0.170 e. The van der Waals surface area contributed by atoms with E-state index >= 15 is 0 Å². The van der Waals surface area contributed by atoms with Crippen LogP contribution in [0.3, 0.4) is 0 Å². The molecule has 0 aromatic heterocycles. The highest BCUT2D eigenvalue weighted by atomic mass is 35.5. The third-order valence-corrected chi connectivity index (χ3v) is 7.17. The molecule has 1 N–H and O–H groups in total. The van der Waals surface area contributed by atoms with Crippen LogP contribution in [0.15, 0.2) is 72.8 Å². The molecule has 3 aromatic carbocycles. The number of aryl methyl sites for hydroxylation is 1. The first-order chi connectivity index (χ1) is 17.5. The van der Waals surface area contributed by atoms with Crippen LogP contribution in [-0.4, -0.2) is 35.0 Å². The van der Waals surface area contributed by atoms with Crippen LogP contribution in [0.1, 0.15) is 61.0 Å². The van der Waals surface area contributed by atoms with Crippen molar-refractivity contribution in [2.45, 2.75) is 64.1 Å². The zero-order valence-corrected chi connectivity index (χ0v) is 23.0. The summed E-state index contributed by atoms with van der Waals surface area (Å²) >= 11 is 6.20. The molecule has 1 aliphatic carbocycles. The summed E-state index contributed by atoms with van der Waals surface area (Å²) in [5.74, 6) is 0.891. The maximum absolute atomic E-state index is 12.0. The van der Waals surface area contributed by atoms with E-state index in [-0.39, 0.29) is 30.8 Å². The van der Waals surface area contributed by atoms with Crippen LogP contribution in [0.25, 0.3) is 0 Å². The van der Waals surface area contributed by atoms with Crippen molar-refractivity contribution >= 4 is 29.8 Å². The van der Waals surface area contributed by atoms with Crippen molar-refractivity contribution in [2.75, 3.05) is 13.2 Å². The van der Waals surface area contributed by atoms with Crippen LogP contribution >= 0.6 is 24.0 Å². The van der Waals surface area contributed by atoms with E-state index in [1.54, 1.807) is 0 Å². The molecule has 0 unspecified atom stereocenters. The molecule has 4 rings (SSSR count). The molecule has 6 heteroatoms. The van der Waals surface area contributed by atoms with E-state index in [4.69, 9.17) is 16.3 Å². The first-order valence-corrected chi connectivity index (χ1v) is 13.4. The summed E-state index contributed by atoms with van der Waals surface area (Å²) in [6.45, 7) is 3.42.